The number of nitrogen functional groups attached to an aromatic ring is 1. The van der Waals surface area contributed by atoms with Crippen LogP contribution in [0.15, 0.2) is 24.3 Å². The van der Waals surface area contributed by atoms with Gasteiger partial charge in [0.15, 0.2) is 0 Å². The summed E-state index contributed by atoms with van der Waals surface area (Å²) in [4.78, 5) is 1.16. The molecular weight excluding hydrogens is 254 g/mol. The minimum atomic E-state index is 0.509. The van der Waals surface area contributed by atoms with Crippen LogP contribution in [0.4, 0.5) is 5.82 Å². The molecule has 0 unspecified atom stereocenters. The summed E-state index contributed by atoms with van der Waals surface area (Å²) in [5, 5.41) is 8.84. The Morgan fingerprint density at radius 1 is 1.35 bits per heavy atom. The smallest absolute Gasteiger partial charge is 0.145 e. The minimum absolute atomic E-state index is 0.509. The molecule has 0 saturated heterocycles. The molecule has 3 rings (SSSR count). The number of thiophene rings is 1. The van der Waals surface area contributed by atoms with Crippen LogP contribution in [0.2, 0.25) is 5.02 Å². The molecule has 3 aromatic rings. The van der Waals surface area contributed by atoms with Gasteiger partial charge in [-0.1, -0.05) is 11.6 Å². The largest absolute Gasteiger partial charge is 0.382 e. The monoisotopic (exact) mass is 263 g/mol. The van der Waals surface area contributed by atoms with E-state index in [1.165, 1.54) is 15.6 Å². The zero-order valence-corrected chi connectivity index (χ0v) is 10.7. The lowest BCUT2D eigenvalue weighted by molar-refractivity contribution is 1.10. The van der Waals surface area contributed by atoms with E-state index in [-0.39, 0.29) is 0 Å². The Labute approximate surface area is 107 Å². The first-order valence-corrected chi connectivity index (χ1v) is 6.34. The van der Waals surface area contributed by atoms with Gasteiger partial charge in [0.25, 0.3) is 0 Å². The highest BCUT2D eigenvalue weighted by Crippen LogP contribution is 2.38. The number of halogens is 1. The van der Waals surface area contributed by atoms with Gasteiger partial charge in [-0.3, -0.25) is 5.10 Å². The van der Waals surface area contributed by atoms with Gasteiger partial charge in [0.1, 0.15) is 5.82 Å². The molecule has 2 heterocycles. The Morgan fingerprint density at radius 3 is 2.88 bits per heavy atom. The first-order valence-electron chi connectivity index (χ1n) is 5.15. The Balaban J connectivity index is 2.27. The third-order valence-corrected chi connectivity index (χ3v) is 4.28. The van der Waals surface area contributed by atoms with Crippen molar-refractivity contribution in [3.05, 3.63) is 34.9 Å². The van der Waals surface area contributed by atoms with Gasteiger partial charge in [0.05, 0.1) is 10.6 Å². The van der Waals surface area contributed by atoms with Crippen molar-refractivity contribution < 1.29 is 0 Å². The normalized spacial score (nSPS) is 11.2. The number of anilines is 1. The Kier molecular flexibility index (Phi) is 2.34. The second kappa shape index (κ2) is 3.75. The molecule has 0 radical (unpaired) electrons. The maximum absolute atomic E-state index is 6.01. The average Bonchev–Trinajstić information content (AvgIpc) is 2.84. The molecule has 0 fully saturated rings. The van der Waals surface area contributed by atoms with E-state index < -0.39 is 0 Å². The van der Waals surface area contributed by atoms with Gasteiger partial charge in [-0.05, 0) is 36.1 Å². The SMILES string of the molecule is Cc1c(-c2cc(N)n[nH]2)sc2ccc(Cl)cc12. The van der Waals surface area contributed by atoms with Gasteiger partial charge in [-0.2, -0.15) is 5.10 Å². The number of rotatable bonds is 1. The average molecular weight is 264 g/mol. The molecule has 0 aliphatic carbocycles. The fraction of sp³-hybridized carbons (Fsp3) is 0.0833. The lowest BCUT2D eigenvalue weighted by Crippen LogP contribution is -1.81. The van der Waals surface area contributed by atoms with Crippen molar-refractivity contribution in [1.82, 2.24) is 10.2 Å². The summed E-state index contributed by atoms with van der Waals surface area (Å²) in [7, 11) is 0. The van der Waals surface area contributed by atoms with Gasteiger partial charge >= 0.3 is 0 Å². The molecule has 86 valence electrons. The second-order valence-corrected chi connectivity index (χ2v) is 5.39. The maximum Gasteiger partial charge on any atom is 0.145 e. The van der Waals surface area contributed by atoms with E-state index in [0.29, 0.717) is 5.82 Å². The molecule has 17 heavy (non-hydrogen) atoms. The number of nitrogens with zero attached hydrogens (tertiary/aromatic N) is 1. The summed E-state index contributed by atoms with van der Waals surface area (Å²) in [6.45, 7) is 2.08. The minimum Gasteiger partial charge on any atom is -0.382 e. The van der Waals surface area contributed by atoms with Crippen molar-refractivity contribution in [3.8, 4) is 10.6 Å². The van der Waals surface area contributed by atoms with Crippen LogP contribution in [-0.2, 0) is 0 Å². The van der Waals surface area contributed by atoms with E-state index in [4.69, 9.17) is 17.3 Å². The van der Waals surface area contributed by atoms with E-state index in [2.05, 4.69) is 17.1 Å². The van der Waals surface area contributed by atoms with Crippen molar-refractivity contribution in [1.29, 1.82) is 0 Å². The summed E-state index contributed by atoms with van der Waals surface area (Å²) in [5.41, 5.74) is 7.79. The fourth-order valence-corrected chi connectivity index (χ4v) is 3.23. The molecule has 5 heteroatoms. The molecule has 2 aromatic heterocycles. The number of aromatic amines is 1. The van der Waals surface area contributed by atoms with Gasteiger partial charge in [-0.25, -0.2) is 0 Å². The van der Waals surface area contributed by atoms with Gasteiger partial charge in [0.2, 0.25) is 0 Å². The van der Waals surface area contributed by atoms with E-state index in [0.717, 1.165) is 15.6 Å². The highest BCUT2D eigenvalue weighted by Gasteiger charge is 2.12. The van der Waals surface area contributed by atoms with E-state index in [1.807, 2.05) is 24.3 Å². The van der Waals surface area contributed by atoms with Gasteiger partial charge in [-0.15, -0.1) is 11.3 Å². The summed E-state index contributed by atoms with van der Waals surface area (Å²) in [6.07, 6.45) is 0. The van der Waals surface area contributed by atoms with Crippen LogP contribution in [0.3, 0.4) is 0 Å². The Hall–Kier alpha value is -1.52. The van der Waals surface area contributed by atoms with Crippen molar-refractivity contribution in [3.63, 3.8) is 0 Å². The van der Waals surface area contributed by atoms with Crippen LogP contribution < -0.4 is 5.73 Å². The lowest BCUT2D eigenvalue weighted by Gasteiger charge is -1.94. The van der Waals surface area contributed by atoms with Crippen LogP contribution >= 0.6 is 22.9 Å². The number of benzene rings is 1. The highest BCUT2D eigenvalue weighted by atomic mass is 35.5. The molecular formula is C12H10ClN3S. The predicted octanol–water partition coefficient (Wildman–Crippen LogP) is 3.84. The third kappa shape index (κ3) is 1.69. The number of hydrogen-bond acceptors (Lipinski definition) is 3. The number of aromatic nitrogens is 2. The van der Waals surface area contributed by atoms with Crippen LogP contribution in [0.5, 0.6) is 0 Å². The molecule has 0 aliphatic rings. The summed E-state index contributed by atoms with van der Waals surface area (Å²) >= 11 is 7.73. The maximum atomic E-state index is 6.01. The van der Waals surface area contributed by atoms with Gasteiger partial charge < -0.3 is 5.73 Å². The number of hydrogen-bond donors (Lipinski definition) is 2. The predicted molar refractivity (Wildman–Crippen MR) is 73.6 cm³/mol. The number of fused-ring (bicyclic) bond motifs is 1. The number of nitrogens with one attached hydrogen (secondary N) is 1. The first kappa shape index (κ1) is 10.6. The van der Waals surface area contributed by atoms with Crippen LogP contribution in [0.25, 0.3) is 20.7 Å². The van der Waals surface area contributed by atoms with Crippen LogP contribution in [0.1, 0.15) is 5.56 Å². The summed E-state index contributed by atoms with van der Waals surface area (Å²) in [6, 6.07) is 7.79. The van der Waals surface area contributed by atoms with Crippen LogP contribution in [-0.4, -0.2) is 10.2 Å². The summed E-state index contributed by atoms with van der Waals surface area (Å²) in [5.74, 6) is 0.509. The van der Waals surface area contributed by atoms with E-state index >= 15 is 0 Å². The number of aryl methyl sites for hydroxylation is 1. The van der Waals surface area contributed by atoms with Gasteiger partial charge in [0, 0.05) is 15.8 Å². The second-order valence-electron chi connectivity index (χ2n) is 3.90. The Bertz CT molecular complexity index is 699. The molecule has 3 nitrogen and oxygen atoms in total. The van der Waals surface area contributed by atoms with Crippen LogP contribution in [0, 0.1) is 6.92 Å². The molecule has 0 saturated carbocycles. The summed E-state index contributed by atoms with van der Waals surface area (Å²) < 4.78 is 1.22. The molecule has 0 spiro atoms. The van der Waals surface area contributed by atoms with E-state index in [9.17, 15) is 0 Å². The Morgan fingerprint density at radius 2 is 2.18 bits per heavy atom. The fourth-order valence-electron chi connectivity index (χ4n) is 1.90. The molecule has 3 N–H and O–H groups in total. The zero-order valence-electron chi connectivity index (χ0n) is 9.12. The standard InChI is InChI=1S/C12H10ClN3S/c1-6-8-4-7(13)2-3-10(8)17-12(6)9-5-11(14)16-15-9/h2-5H,1H3,(H3,14,15,16). The molecule has 1 aromatic carbocycles. The third-order valence-electron chi connectivity index (χ3n) is 2.74. The first-order chi connectivity index (χ1) is 8.15. The quantitative estimate of drug-likeness (QED) is 0.701. The topological polar surface area (TPSA) is 54.7 Å². The molecule has 0 atom stereocenters. The number of H-pyrrole nitrogens is 1. The van der Waals surface area contributed by atoms with Crippen molar-refractivity contribution in [2.24, 2.45) is 0 Å². The van der Waals surface area contributed by atoms with Crippen molar-refractivity contribution in [2.45, 2.75) is 6.92 Å². The van der Waals surface area contributed by atoms with Crippen molar-refractivity contribution >= 4 is 38.8 Å². The highest BCUT2D eigenvalue weighted by molar-refractivity contribution is 7.22. The molecule has 0 amide bonds. The molecule has 0 aliphatic heterocycles. The van der Waals surface area contributed by atoms with E-state index in [1.54, 1.807) is 11.3 Å². The lowest BCUT2D eigenvalue weighted by atomic mass is 10.1. The van der Waals surface area contributed by atoms with Crippen molar-refractivity contribution in [2.75, 3.05) is 5.73 Å². The molecule has 0 bridgehead atoms. The zero-order chi connectivity index (χ0) is 12.0. The number of nitrogens with two attached hydrogens (primary N) is 1.